The van der Waals surface area contributed by atoms with Crippen molar-refractivity contribution in [3.8, 4) is 17.1 Å². The first-order chi connectivity index (χ1) is 12.5. The summed E-state index contributed by atoms with van der Waals surface area (Å²) in [5.41, 5.74) is 1.99. The lowest BCUT2D eigenvalue weighted by molar-refractivity contribution is 0.0844. The Morgan fingerprint density at radius 2 is 1.85 bits per heavy atom. The quantitative estimate of drug-likeness (QED) is 0.635. The predicted molar refractivity (Wildman–Crippen MR) is 103 cm³/mol. The van der Waals surface area contributed by atoms with E-state index in [0.29, 0.717) is 11.7 Å². The summed E-state index contributed by atoms with van der Waals surface area (Å²) in [6.45, 7) is 4.61. The van der Waals surface area contributed by atoms with Crippen LogP contribution >= 0.6 is 15.9 Å². The van der Waals surface area contributed by atoms with Crippen LogP contribution < -0.4 is 4.74 Å². The third kappa shape index (κ3) is 4.68. The van der Waals surface area contributed by atoms with E-state index in [4.69, 9.17) is 4.74 Å². The van der Waals surface area contributed by atoms with Crippen LogP contribution in [0.4, 0.5) is 0 Å². The van der Waals surface area contributed by atoms with Gasteiger partial charge in [0.25, 0.3) is 0 Å². The van der Waals surface area contributed by atoms with Gasteiger partial charge < -0.3 is 9.84 Å². The number of hydrogen-bond acceptors (Lipinski definition) is 5. The highest BCUT2D eigenvalue weighted by atomic mass is 79.9. The molecule has 1 unspecified atom stereocenters. The first kappa shape index (κ1) is 18.5. The number of benzene rings is 2. The Kier molecular flexibility index (Phi) is 6.00. The van der Waals surface area contributed by atoms with E-state index in [9.17, 15) is 5.11 Å². The highest BCUT2D eigenvalue weighted by Gasteiger charge is 2.13. The number of tetrazole rings is 1. The highest BCUT2D eigenvalue weighted by Crippen LogP contribution is 2.26. The molecule has 0 radical (unpaired) electrons. The van der Waals surface area contributed by atoms with Crippen molar-refractivity contribution in [3.05, 3.63) is 58.6 Å². The van der Waals surface area contributed by atoms with Crippen molar-refractivity contribution < 1.29 is 9.84 Å². The standard InChI is InChI=1S/C19H21BrN4O2/c1-13(2)17-5-3-4-6-18(17)26-12-16(25)11-24-22-19(21-23-24)14-7-9-15(20)10-8-14/h3-10,13,16,25H,11-12H2,1-2H3. The Morgan fingerprint density at radius 1 is 1.12 bits per heavy atom. The molecular formula is C19H21BrN4O2. The summed E-state index contributed by atoms with van der Waals surface area (Å²) in [6.07, 6.45) is -0.734. The van der Waals surface area contributed by atoms with Crippen molar-refractivity contribution in [2.45, 2.75) is 32.4 Å². The second-order valence-electron chi connectivity index (χ2n) is 6.33. The monoisotopic (exact) mass is 416 g/mol. The second kappa shape index (κ2) is 8.42. The molecule has 0 fully saturated rings. The van der Waals surface area contributed by atoms with Gasteiger partial charge in [-0.05, 0) is 47.0 Å². The van der Waals surface area contributed by atoms with Crippen LogP contribution in [-0.2, 0) is 6.54 Å². The van der Waals surface area contributed by atoms with E-state index >= 15 is 0 Å². The number of para-hydroxylation sites is 1. The summed E-state index contributed by atoms with van der Waals surface area (Å²) in [4.78, 5) is 1.39. The maximum Gasteiger partial charge on any atom is 0.204 e. The number of halogens is 1. The first-order valence-electron chi connectivity index (χ1n) is 8.46. The minimum atomic E-state index is -0.734. The fraction of sp³-hybridized carbons (Fsp3) is 0.316. The molecule has 1 atom stereocenters. The van der Waals surface area contributed by atoms with E-state index in [1.54, 1.807) is 0 Å². The first-order valence-corrected chi connectivity index (χ1v) is 9.26. The van der Waals surface area contributed by atoms with E-state index in [-0.39, 0.29) is 13.2 Å². The fourth-order valence-corrected chi connectivity index (χ4v) is 2.82. The van der Waals surface area contributed by atoms with E-state index in [1.165, 1.54) is 4.80 Å². The van der Waals surface area contributed by atoms with Crippen molar-refractivity contribution in [3.63, 3.8) is 0 Å². The lowest BCUT2D eigenvalue weighted by Crippen LogP contribution is -2.25. The number of aliphatic hydroxyl groups is 1. The van der Waals surface area contributed by atoms with Gasteiger partial charge in [-0.1, -0.05) is 48.0 Å². The van der Waals surface area contributed by atoms with Crippen LogP contribution in [0.25, 0.3) is 11.4 Å². The third-order valence-electron chi connectivity index (χ3n) is 3.90. The zero-order valence-corrected chi connectivity index (χ0v) is 16.3. The minimum Gasteiger partial charge on any atom is -0.491 e. The van der Waals surface area contributed by atoms with Gasteiger partial charge >= 0.3 is 0 Å². The lowest BCUT2D eigenvalue weighted by atomic mass is 10.0. The van der Waals surface area contributed by atoms with Crippen molar-refractivity contribution in [2.75, 3.05) is 6.61 Å². The van der Waals surface area contributed by atoms with E-state index in [0.717, 1.165) is 21.3 Å². The van der Waals surface area contributed by atoms with Gasteiger partial charge in [-0.25, -0.2) is 0 Å². The molecule has 1 N–H and O–H groups in total. The van der Waals surface area contributed by atoms with Gasteiger partial charge in [-0.15, -0.1) is 10.2 Å². The molecule has 3 rings (SSSR count). The molecule has 0 spiro atoms. The molecule has 7 heteroatoms. The molecule has 136 valence electrons. The summed E-state index contributed by atoms with van der Waals surface area (Å²) in [5.74, 6) is 1.67. The Labute approximate surface area is 160 Å². The summed E-state index contributed by atoms with van der Waals surface area (Å²) in [5, 5.41) is 22.6. The third-order valence-corrected chi connectivity index (χ3v) is 4.43. The molecule has 0 saturated carbocycles. The van der Waals surface area contributed by atoms with Crippen LogP contribution in [0.15, 0.2) is 53.0 Å². The minimum absolute atomic E-state index is 0.166. The van der Waals surface area contributed by atoms with Gasteiger partial charge in [-0.2, -0.15) is 4.80 Å². The van der Waals surface area contributed by atoms with Crippen molar-refractivity contribution in [2.24, 2.45) is 0 Å². The largest absolute Gasteiger partial charge is 0.491 e. The van der Waals surface area contributed by atoms with Gasteiger partial charge in [-0.3, -0.25) is 0 Å². The summed E-state index contributed by atoms with van der Waals surface area (Å²) < 4.78 is 6.78. The smallest absolute Gasteiger partial charge is 0.204 e. The van der Waals surface area contributed by atoms with Crippen LogP contribution in [-0.4, -0.2) is 38.0 Å². The molecule has 6 nitrogen and oxygen atoms in total. The average Bonchev–Trinajstić information content (AvgIpc) is 3.09. The molecule has 1 heterocycles. The van der Waals surface area contributed by atoms with Crippen molar-refractivity contribution in [1.29, 1.82) is 0 Å². The van der Waals surface area contributed by atoms with Crippen LogP contribution in [0.3, 0.4) is 0 Å². The highest BCUT2D eigenvalue weighted by molar-refractivity contribution is 9.10. The van der Waals surface area contributed by atoms with Gasteiger partial charge in [0.2, 0.25) is 5.82 Å². The number of rotatable bonds is 7. The normalized spacial score (nSPS) is 12.3. The van der Waals surface area contributed by atoms with Crippen LogP contribution in [0.5, 0.6) is 5.75 Å². The topological polar surface area (TPSA) is 73.1 Å². The summed E-state index contributed by atoms with van der Waals surface area (Å²) in [7, 11) is 0. The molecule has 0 aliphatic heterocycles. The molecule has 3 aromatic rings. The number of aromatic nitrogens is 4. The van der Waals surface area contributed by atoms with Gasteiger partial charge in [0.1, 0.15) is 18.5 Å². The molecular weight excluding hydrogens is 396 g/mol. The maximum atomic E-state index is 10.2. The molecule has 0 amide bonds. The number of hydrogen-bond donors (Lipinski definition) is 1. The molecule has 1 aromatic heterocycles. The Hall–Kier alpha value is -2.25. The Morgan fingerprint density at radius 3 is 2.58 bits per heavy atom. The van der Waals surface area contributed by atoms with Crippen LogP contribution in [0.1, 0.15) is 25.3 Å². The van der Waals surface area contributed by atoms with Crippen molar-refractivity contribution in [1.82, 2.24) is 20.2 Å². The van der Waals surface area contributed by atoms with Gasteiger partial charge in [0.05, 0.1) is 6.54 Å². The number of aliphatic hydroxyl groups excluding tert-OH is 1. The van der Waals surface area contributed by atoms with Crippen LogP contribution in [0, 0.1) is 0 Å². The van der Waals surface area contributed by atoms with E-state index in [2.05, 4.69) is 45.2 Å². The van der Waals surface area contributed by atoms with Crippen LogP contribution in [0.2, 0.25) is 0 Å². The predicted octanol–water partition coefficient (Wildman–Crippen LogP) is 3.67. The van der Waals surface area contributed by atoms with Crippen molar-refractivity contribution >= 4 is 15.9 Å². The molecule has 0 aliphatic rings. The Bertz CT molecular complexity index is 849. The second-order valence-corrected chi connectivity index (χ2v) is 7.25. The SMILES string of the molecule is CC(C)c1ccccc1OCC(O)Cn1nnc(-c2ccc(Br)cc2)n1. The Balaban J connectivity index is 1.59. The molecule has 0 saturated heterocycles. The van der Waals surface area contributed by atoms with E-state index < -0.39 is 6.10 Å². The maximum absolute atomic E-state index is 10.2. The molecule has 26 heavy (non-hydrogen) atoms. The average molecular weight is 417 g/mol. The van der Waals surface area contributed by atoms with Gasteiger partial charge in [0, 0.05) is 10.0 Å². The number of nitrogens with zero attached hydrogens (tertiary/aromatic N) is 4. The lowest BCUT2D eigenvalue weighted by Gasteiger charge is -2.16. The molecule has 0 bridgehead atoms. The molecule has 2 aromatic carbocycles. The zero-order chi connectivity index (χ0) is 18.5. The zero-order valence-electron chi connectivity index (χ0n) is 14.7. The summed E-state index contributed by atoms with van der Waals surface area (Å²) in [6, 6.07) is 15.5. The summed E-state index contributed by atoms with van der Waals surface area (Å²) >= 11 is 3.40. The fourth-order valence-electron chi connectivity index (χ4n) is 2.55. The number of ether oxygens (including phenoxy) is 1. The van der Waals surface area contributed by atoms with Gasteiger partial charge in [0.15, 0.2) is 0 Å². The molecule has 0 aliphatic carbocycles. The van der Waals surface area contributed by atoms with E-state index in [1.807, 2.05) is 48.5 Å².